The molecule has 0 aromatic carbocycles. The first-order valence-corrected chi connectivity index (χ1v) is 10.2. The Labute approximate surface area is 132 Å². The molecule has 0 aliphatic heterocycles. The van der Waals surface area contributed by atoms with Crippen LogP contribution in [0.25, 0.3) is 0 Å². The minimum absolute atomic E-state index is 0.807. The summed E-state index contributed by atoms with van der Waals surface area (Å²) in [6.45, 7) is 5.46. The molecular weight excluding hydrogens is 262 g/mol. The van der Waals surface area contributed by atoms with Crippen molar-refractivity contribution in [3.63, 3.8) is 0 Å². The SMILES string of the molecule is CCCCCCCCCCCCCCC(C)SCCN. The number of rotatable bonds is 16. The van der Waals surface area contributed by atoms with Crippen molar-refractivity contribution in [3.05, 3.63) is 0 Å². The van der Waals surface area contributed by atoms with Crippen molar-refractivity contribution in [2.24, 2.45) is 5.73 Å². The van der Waals surface area contributed by atoms with Crippen LogP contribution in [0.1, 0.15) is 97.3 Å². The second-order valence-corrected chi connectivity index (χ2v) is 7.69. The van der Waals surface area contributed by atoms with Crippen LogP contribution in [0.2, 0.25) is 0 Å². The standard InChI is InChI=1S/C18H39NS/c1-3-4-5-6-7-8-9-10-11-12-13-14-15-18(2)20-17-16-19/h18H,3-17,19H2,1-2H3. The average molecular weight is 302 g/mol. The van der Waals surface area contributed by atoms with Crippen LogP contribution >= 0.6 is 11.8 Å². The molecular formula is C18H39NS. The molecule has 1 atom stereocenters. The van der Waals surface area contributed by atoms with Gasteiger partial charge in [-0.15, -0.1) is 0 Å². The highest BCUT2D eigenvalue weighted by molar-refractivity contribution is 7.99. The van der Waals surface area contributed by atoms with E-state index in [0.717, 1.165) is 17.5 Å². The zero-order valence-corrected chi connectivity index (χ0v) is 15.0. The van der Waals surface area contributed by atoms with Gasteiger partial charge in [-0.1, -0.05) is 90.9 Å². The van der Waals surface area contributed by atoms with E-state index in [9.17, 15) is 0 Å². The Kier molecular flexibility index (Phi) is 17.6. The van der Waals surface area contributed by atoms with Gasteiger partial charge in [0.2, 0.25) is 0 Å². The summed E-state index contributed by atoms with van der Waals surface area (Å²) >= 11 is 2.03. The van der Waals surface area contributed by atoms with Gasteiger partial charge >= 0.3 is 0 Å². The Morgan fingerprint density at radius 2 is 1.20 bits per heavy atom. The molecule has 122 valence electrons. The van der Waals surface area contributed by atoms with E-state index in [4.69, 9.17) is 5.73 Å². The Morgan fingerprint density at radius 3 is 1.65 bits per heavy atom. The highest BCUT2D eigenvalue weighted by Gasteiger charge is 2.01. The van der Waals surface area contributed by atoms with Crippen LogP contribution in [-0.4, -0.2) is 17.5 Å². The van der Waals surface area contributed by atoms with Crippen LogP contribution in [0.4, 0.5) is 0 Å². The maximum atomic E-state index is 5.52. The summed E-state index contributed by atoms with van der Waals surface area (Å²) in [4.78, 5) is 0. The Morgan fingerprint density at radius 1 is 0.750 bits per heavy atom. The Balaban J connectivity index is 3.02. The second-order valence-electron chi connectivity index (χ2n) is 6.15. The molecule has 0 saturated heterocycles. The molecule has 20 heavy (non-hydrogen) atoms. The minimum atomic E-state index is 0.807. The molecule has 1 unspecified atom stereocenters. The van der Waals surface area contributed by atoms with Gasteiger partial charge in [-0.05, 0) is 6.42 Å². The normalized spacial score (nSPS) is 12.8. The first-order valence-electron chi connectivity index (χ1n) is 9.13. The van der Waals surface area contributed by atoms with Crippen molar-refractivity contribution < 1.29 is 0 Å². The molecule has 0 spiro atoms. The fraction of sp³-hybridized carbons (Fsp3) is 1.00. The smallest absolute Gasteiger partial charge is 0.00585 e. The molecule has 2 N–H and O–H groups in total. The zero-order valence-electron chi connectivity index (χ0n) is 14.2. The molecule has 2 heteroatoms. The van der Waals surface area contributed by atoms with Crippen LogP contribution < -0.4 is 5.73 Å². The van der Waals surface area contributed by atoms with E-state index in [2.05, 4.69) is 13.8 Å². The van der Waals surface area contributed by atoms with E-state index in [1.165, 1.54) is 83.5 Å². The molecule has 1 nitrogen and oxygen atoms in total. The first-order chi connectivity index (χ1) is 9.81. The molecule has 0 aromatic heterocycles. The van der Waals surface area contributed by atoms with Gasteiger partial charge in [0.1, 0.15) is 0 Å². The lowest BCUT2D eigenvalue weighted by Crippen LogP contribution is -2.05. The summed E-state index contributed by atoms with van der Waals surface area (Å²) in [6.07, 6.45) is 18.7. The predicted octanol–water partition coefficient (Wildman–Crippen LogP) is 6.16. The van der Waals surface area contributed by atoms with Crippen molar-refractivity contribution in [3.8, 4) is 0 Å². The van der Waals surface area contributed by atoms with Gasteiger partial charge in [-0.25, -0.2) is 0 Å². The summed E-state index contributed by atoms with van der Waals surface area (Å²) in [5.74, 6) is 1.12. The van der Waals surface area contributed by atoms with Crippen LogP contribution in [-0.2, 0) is 0 Å². The van der Waals surface area contributed by atoms with E-state index >= 15 is 0 Å². The van der Waals surface area contributed by atoms with Gasteiger partial charge in [0.05, 0.1) is 0 Å². The van der Waals surface area contributed by atoms with Gasteiger partial charge in [0.25, 0.3) is 0 Å². The summed E-state index contributed by atoms with van der Waals surface area (Å²) in [7, 11) is 0. The summed E-state index contributed by atoms with van der Waals surface area (Å²) in [5, 5.41) is 0.807. The number of hydrogen-bond acceptors (Lipinski definition) is 2. The largest absolute Gasteiger partial charge is 0.330 e. The lowest BCUT2D eigenvalue weighted by molar-refractivity contribution is 0.539. The second kappa shape index (κ2) is 17.4. The Bertz CT molecular complexity index is 173. The number of thioether (sulfide) groups is 1. The van der Waals surface area contributed by atoms with Crippen molar-refractivity contribution in [1.82, 2.24) is 0 Å². The molecule has 0 fully saturated rings. The topological polar surface area (TPSA) is 26.0 Å². The number of unbranched alkanes of at least 4 members (excludes halogenated alkanes) is 11. The monoisotopic (exact) mass is 301 g/mol. The van der Waals surface area contributed by atoms with E-state index in [-0.39, 0.29) is 0 Å². The summed E-state index contributed by atoms with van der Waals surface area (Å²) in [6, 6.07) is 0. The van der Waals surface area contributed by atoms with Crippen molar-refractivity contribution in [1.29, 1.82) is 0 Å². The van der Waals surface area contributed by atoms with Gasteiger partial charge in [-0.2, -0.15) is 11.8 Å². The van der Waals surface area contributed by atoms with E-state index in [1.54, 1.807) is 0 Å². The molecule has 0 radical (unpaired) electrons. The maximum Gasteiger partial charge on any atom is 0.00585 e. The number of nitrogens with two attached hydrogens (primary N) is 1. The molecule has 0 aromatic rings. The highest BCUT2D eigenvalue weighted by atomic mass is 32.2. The zero-order chi connectivity index (χ0) is 14.9. The lowest BCUT2D eigenvalue weighted by Gasteiger charge is -2.09. The van der Waals surface area contributed by atoms with Gasteiger partial charge in [0, 0.05) is 17.5 Å². The van der Waals surface area contributed by atoms with E-state index < -0.39 is 0 Å². The van der Waals surface area contributed by atoms with E-state index in [1.807, 2.05) is 11.8 Å². The van der Waals surface area contributed by atoms with Crippen molar-refractivity contribution >= 4 is 11.8 Å². The summed E-state index contributed by atoms with van der Waals surface area (Å²) in [5.41, 5.74) is 5.52. The third kappa shape index (κ3) is 16.4. The van der Waals surface area contributed by atoms with Crippen LogP contribution in [0.5, 0.6) is 0 Å². The van der Waals surface area contributed by atoms with Gasteiger partial charge in [-0.3, -0.25) is 0 Å². The molecule has 0 amide bonds. The minimum Gasteiger partial charge on any atom is -0.330 e. The Hall–Kier alpha value is 0.310. The van der Waals surface area contributed by atoms with Gasteiger partial charge < -0.3 is 5.73 Å². The third-order valence-electron chi connectivity index (χ3n) is 3.98. The van der Waals surface area contributed by atoms with Crippen molar-refractivity contribution in [2.75, 3.05) is 12.3 Å². The molecule has 0 aliphatic carbocycles. The molecule has 0 heterocycles. The molecule has 0 bridgehead atoms. The molecule has 0 aliphatic rings. The van der Waals surface area contributed by atoms with E-state index in [0.29, 0.717) is 0 Å². The quantitative estimate of drug-likeness (QED) is 0.346. The fourth-order valence-corrected chi connectivity index (χ4v) is 3.50. The molecule has 0 rings (SSSR count). The first kappa shape index (κ1) is 20.3. The third-order valence-corrected chi connectivity index (χ3v) is 5.26. The average Bonchev–Trinajstić information content (AvgIpc) is 2.46. The highest BCUT2D eigenvalue weighted by Crippen LogP contribution is 2.18. The van der Waals surface area contributed by atoms with Crippen LogP contribution in [0.15, 0.2) is 0 Å². The maximum absolute atomic E-state index is 5.52. The van der Waals surface area contributed by atoms with Crippen LogP contribution in [0, 0.1) is 0 Å². The van der Waals surface area contributed by atoms with Gasteiger partial charge in [0.15, 0.2) is 0 Å². The van der Waals surface area contributed by atoms with Crippen LogP contribution in [0.3, 0.4) is 0 Å². The number of hydrogen-bond donors (Lipinski definition) is 1. The van der Waals surface area contributed by atoms with Crippen molar-refractivity contribution in [2.45, 2.75) is 103 Å². The summed E-state index contributed by atoms with van der Waals surface area (Å²) < 4.78 is 0. The predicted molar refractivity (Wildman–Crippen MR) is 96.7 cm³/mol. The fourth-order valence-electron chi connectivity index (χ4n) is 2.63. The molecule has 0 saturated carbocycles. The lowest BCUT2D eigenvalue weighted by atomic mass is 10.0.